The third-order valence-corrected chi connectivity index (χ3v) is 8.21. The molecule has 0 spiro atoms. The summed E-state index contributed by atoms with van der Waals surface area (Å²) < 4.78 is 29.5. The second-order valence-corrected chi connectivity index (χ2v) is 11.0. The number of rotatable bonds is 10. The van der Waals surface area contributed by atoms with Crippen molar-refractivity contribution in [3.8, 4) is 11.5 Å². The quantitative estimate of drug-likeness (QED) is 0.319. The average molecular weight is 610 g/mol. The van der Waals surface area contributed by atoms with E-state index in [1.807, 2.05) is 19.1 Å². The zero-order chi connectivity index (χ0) is 30.5. The van der Waals surface area contributed by atoms with E-state index >= 15 is 0 Å². The van der Waals surface area contributed by atoms with Gasteiger partial charge in [-0.05, 0) is 63.8 Å². The summed E-state index contributed by atoms with van der Waals surface area (Å²) in [5, 5.41) is 0. The van der Waals surface area contributed by atoms with Crippen molar-refractivity contribution in [2.45, 2.75) is 46.1 Å². The largest absolute Gasteiger partial charge is 0.490 e. The molecule has 1 fully saturated rings. The van der Waals surface area contributed by atoms with Gasteiger partial charge >= 0.3 is 11.9 Å². The molecule has 0 amide bonds. The summed E-state index contributed by atoms with van der Waals surface area (Å²) in [6, 6.07) is 8.02. The summed E-state index contributed by atoms with van der Waals surface area (Å²) in [6.45, 7) is 7.34. The number of allylic oxidation sites excluding steroid dienone is 1. The minimum atomic E-state index is -0.841. The van der Waals surface area contributed by atoms with Crippen LogP contribution in [0.3, 0.4) is 0 Å². The summed E-state index contributed by atoms with van der Waals surface area (Å²) in [4.78, 5) is 46.2. The molecule has 0 saturated carbocycles. The molecule has 1 saturated heterocycles. The molecule has 3 aromatic rings. The van der Waals surface area contributed by atoms with Crippen LogP contribution in [0.4, 0.5) is 5.88 Å². The molecule has 228 valence electrons. The third-order valence-electron chi connectivity index (χ3n) is 7.23. The number of thiazole rings is 1. The van der Waals surface area contributed by atoms with Crippen LogP contribution in [-0.4, -0.2) is 56.5 Å². The van der Waals surface area contributed by atoms with E-state index in [2.05, 4.69) is 14.6 Å². The van der Waals surface area contributed by atoms with Gasteiger partial charge in [0.2, 0.25) is 0 Å². The van der Waals surface area contributed by atoms with Gasteiger partial charge in [0.25, 0.3) is 5.56 Å². The van der Waals surface area contributed by atoms with Crippen LogP contribution >= 0.6 is 11.3 Å². The van der Waals surface area contributed by atoms with Gasteiger partial charge in [0.15, 0.2) is 28.8 Å². The van der Waals surface area contributed by atoms with Crippen molar-refractivity contribution in [3.05, 3.63) is 72.6 Å². The highest BCUT2D eigenvalue weighted by molar-refractivity contribution is 7.07. The number of hydrogen-bond donors (Lipinski definition) is 0. The van der Waals surface area contributed by atoms with Crippen LogP contribution in [-0.2, 0) is 19.1 Å². The Kier molecular flexibility index (Phi) is 9.34. The lowest BCUT2D eigenvalue weighted by atomic mass is 9.95. The molecule has 1 atom stereocenters. The summed E-state index contributed by atoms with van der Waals surface area (Å²) in [7, 11) is 1.28. The molecule has 5 rings (SSSR count). The molecule has 0 bridgehead atoms. The fourth-order valence-electron chi connectivity index (χ4n) is 5.22. The molecule has 0 aliphatic carbocycles. The molecule has 2 aliphatic rings. The van der Waals surface area contributed by atoms with E-state index in [0.717, 1.165) is 31.8 Å². The first-order valence-corrected chi connectivity index (χ1v) is 15.2. The number of ether oxygens (including phenoxy) is 4. The standard InChI is InChI=1S/C31H35N3O8S/c1-5-39-23-16-20(10-12-22(23)41-18-26(35)38-4)28-27(30(37)40-6-2)19(3)32-31-34(28)29(36)24(43-31)17-21-11-13-25(42-21)33-14-8-7-9-15-33/h10-13,16-17,28H,5-9,14-15,18H2,1-4H3/b24-17-/t28-/m1/s1. The summed E-state index contributed by atoms with van der Waals surface area (Å²) in [5.41, 5.74) is 0.967. The van der Waals surface area contributed by atoms with E-state index < -0.39 is 18.0 Å². The summed E-state index contributed by atoms with van der Waals surface area (Å²) >= 11 is 1.22. The number of esters is 2. The molecular weight excluding hydrogens is 574 g/mol. The minimum absolute atomic E-state index is 0.162. The highest BCUT2D eigenvalue weighted by Crippen LogP contribution is 2.36. The normalized spacial score (nSPS) is 16.9. The van der Waals surface area contributed by atoms with Crippen molar-refractivity contribution in [2.24, 2.45) is 4.99 Å². The van der Waals surface area contributed by atoms with E-state index in [-0.39, 0.29) is 24.3 Å². The Morgan fingerprint density at radius 1 is 1.07 bits per heavy atom. The number of anilines is 1. The Bertz CT molecular complexity index is 1710. The predicted molar refractivity (Wildman–Crippen MR) is 160 cm³/mol. The maximum Gasteiger partial charge on any atom is 0.343 e. The van der Waals surface area contributed by atoms with Gasteiger partial charge < -0.3 is 28.3 Å². The number of carbonyl (C=O) groups is 2. The Balaban J connectivity index is 1.59. The number of furan rings is 1. The molecule has 11 nitrogen and oxygen atoms in total. The molecule has 0 N–H and O–H groups in total. The zero-order valence-electron chi connectivity index (χ0n) is 24.7. The first-order valence-electron chi connectivity index (χ1n) is 14.3. The molecule has 2 aliphatic heterocycles. The summed E-state index contributed by atoms with van der Waals surface area (Å²) in [5.74, 6) is 0.920. The smallest absolute Gasteiger partial charge is 0.343 e. The van der Waals surface area contributed by atoms with Gasteiger partial charge in [0, 0.05) is 25.2 Å². The van der Waals surface area contributed by atoms with Gasteiger partial charge in [-0.3, -0.25) is 9.36 Å². The number of nitrogens with zero attached hydrogens (tertiary/aromatic N) is 3. The first-order chi connectivity index (χ1) is 20.8. The number of carbonyl (C=O) groups excluding carboxylic acids is 2. The maximum atomic E-state index is 14.0. The number of fused-ring (bicyclic) bond motifs is 1. The third kappa shape index (κ3) is 6.38. The molecule has 12 heteroatoms. The molecule has 2 aromatic heterocycles. The van der Waals surface area contributed by atoms with Crippen LogP contribution in [0.2, 0.25) is 0 Å². The van der Waals surface area contributed by atoms with Gasteiger partial charge in [-0.1, -0.05) is 17.4 Å². The maximum absolute atomic E-state index is 14.0. The van der Waals surface area contributed by atoms with E-state index in [4.69, 9.17) is 18.6 Å². The minimum Gasteiger partial charge on any atom is -0.490 e. The fraction of sp³-hybridized carbons (Fsp3) is 0.419. The van der Waals surface area contributed by atoms with Gasteiger partial charge in [0.1, 0.15) is 5.76 Å². The molecule has 43 heavy (non-hydrogen) atoms. The van der Waals surface area contributed by atoms with E-state index in [1.54, 1.807) is 38.1 Å². The van der Waals surface area contributed by atoms with E-state index in [9.17, 15) is 14.4 Å². The van der Waals surface area contributed by atoms with Crippen molar-refractivity contribution in [1.29, 1.82) is 0 Å². The zero-order valence-corrected chi connectivity index (χ0v) is 25.5. The Labute approximate surface area is 252 Å². The van der Waals surface area contributed by atoms with Crippen molar-refractivity contribution in [1.82, 2.24) is 4.57 Å². The van der Waals surface area contributed by atoms with Crippen LogP contribution in [0.15, 0.2) is 55.8 Å². The summed E-state index contributed by atoms with van der Waals surface area (Å²) in [6.07, 6.45) is 5.18. The molecular formula is C31H35N3O8S. The lowest BCUT2D eigenvalue weighted by Gasteiger charge is -2.25. The van der Waals surface area contributed by atoms with E-state index in [0.29, 0.717) is 44.5 Å². The second kappa shape index (κ2) is 13.3. The van der Waals surface area contributed by atoms with Crippen molar-refractivity contribution < 1.29 is 33.0 Å². The van der Waals surface area contributed by atoms with Crippen molar-refractivity contribution >= 4 is 35.2 Å². The highest BCUT2D eigenvalue weighted by Gasteiger charge is 2.34. The first kappa shape index (κ1) is 30.1. The van der Waals surface area contributed by atoms with Crippen molar-refractivity contribution in [3.63, 3.8) is 0 Å². The van der Waals surface area contributed by atoms with Crippen molar-refractivity contribution in [2.75, 3.05) is 44.9 Å². The van der Waals surface area contributed by atoms with Crippen LogP contribution < -0.4 is 29.3 Å². The van der Waals surface area contributed by atoms with Crippen LogP contribution in [0, 0.1) is 0 Å². The van der Waals surface area contributed by atoms with Gasteiger partial charge in [0.05, 0.1) is 42.2 Å². The number of piperidine rings is 1. The number of benzene rings is 1. The number of aromatic nitrogens is 1. The highest BCUT2D eigenvalue weighted by atomic mass is 32.1. The lowest BCUT2D eigenvalue weighted by Crippen LogP contribution is -2.40. The monoisotopic (exact) mass is 609 g/mol. The lowest BCUT2D eigenvalue weighted by molar-refractivity contribution is -0.143. The Morgan fingerprint density at radius 3 is 2.58 bits per heavy atom. The molecule has 0 radical (unpaired) electrons. The van der Waals surface area contributed by atoms with Crippen LogP contribution in [0.5, 0.6) is 11.5 Å². The molecule has 0 unspecified atom stereocenters. The predicted octanol–water partition coefficient (Wildman–Crippen LogP) is 3.33. The topological polar surface area (TPSA) is 122 Å². The Hall–Kier alpha value is -4.32. The van der Waals surface area contributed by atoms with Gasteiger partial charge in [-0.25, -0.2) is 14.6 Å². The molecule has 1 aromatic carbocycles. The van der Waals surface area contributed by atoms with E-state index in [1.165, 1.54) is 29.4 Å². The van der Waals surface area contributed by atoms with Gasteiger partial charge in [-0.2, -0.15) is 0 Å². The number of hydrogen-bond acceptors (Lipinski definition) is 11. The van der Waals surface area contributed by atoms with Crippen LogP contribution in [0.25, 0.3) is 6.08 Å². The van der Waals surface area contributed by atoms with Crippen LogP contribution in [0.1, 0.15) is 57.4 Å². The Morgan fingerprint density at radius 2 is 1.86 bits per heavy atom. The fourth-order valence-corrected chi connectivity index (χ4v) is 6.24. The number of methoxy groups -OCH3 is 1. The average Bonchev–Trinajstić information content (AvgIpc) is 3.60. The second-order valence-electron chi connectivity index (χ2n) is 10.0. The molecule has 4 heterocycles. The van der Waals surface area contributed by atoms with Gasteiger partial charge in [-0.15, -0.1) is 0 Å². The SMILES string of the molecule is CCOC(=O)C1=C(C)N=c2s/c(=C\c3ccc(N4CCCCC4)o3)c(=O)n2[C@@H]1c1ccc(OCC(=O)OC)c(OCC)c1.